The van der Waals surface area contributed by atoms with Crippen LogP contribution in [0.5, 0.6) is 0 Å². The van der Waals surface area contributed by atoms with E-state index in [1.807, 2.05) is 30.3 Å². The van der Waals surface area contributed by atoms with E-state index in [0.717, 1.165) is 11.1 Å². The predicted octanol–water partition coefficient (Wildman–Crippen LogP) is 4.38. The smallest absolute Gasteiger partial charge is 0.249 e. The second-order valence-electron chi connectivity index (χ2n) is 6.10. The zero-order valence-corrected chi connectivity index (χ0v) is 15.5. The summed E-state index contributed by atoms with van der Waals surface area (Å²) in [7, 11) is 0. The van der Waals surface area contributed by atoms with Crippen LogP contribution in [0.3, 0.4) is 0 Å². The Morgan fingerprint density at radius 2 is 1.93 bits per heavy atom. The monoisotopic (exact) mass is 400 g/mol. The number of halogens is 2. The average Bonchev–Trinajstić information content (AvgIpc) is 3.08. The predicted molar refractivity (Wildman–Crippen MR) is 105 cm³/mol. The molecule has 1 atom stereocenters. The van der Waals surface area contributed by atoms with Crippen LogP contribution in [0.1, 0.15) is 12.5 Å². The van der Waals surface area contributed by atoms with E-state index in [2.05, 4.69) is 15.7 Å². The second-order valence-corrected chi connectivity index (χ2v) is 6.92. The van der Waals surface area contributed by atoms with Crippen molar-refractivity contribution in [3.8, 4) is 11.1 Å². The lowest BCUT2D eigenvalue weighted by Crippen LogP contribution is -2.35. The van der Waals surface area contributed by atoms with E-state index in [-0.39, 0.29) is 18.2 Å². The van der Waals surface area contributed by atoms with Gasteiger partial charge in [-0.1, -0.05) is 53.5 Å². The number of aromatic nitrogens is 2. The Morgan fingerprint density at radius 1 is 1.15 bits per heavy atom. The van der Waals surface area contributed by atoms with Gasteiger partial charge in [-0.2, -0.15) is 5.10 Å². The molecule has 1 aromatic heterocycles. The van der Waals surface area contributed by atoms with Crippen LogP contribution >= 0.6 is 23.2 Å². The number of rotatable bonds is 3. The van der Waals surface area contributed by atoms with Crippen molar-refractivity contribution in [2.24, 2.45) is 0 Å². The molecule has 0 saturated carbocycles. The van der Waals surface area contributed by atoms with Gasteiger partial charge in [-0.25, -0.2) is 4.68 Å². The van der Waals surface area contributed by atoms with E-state index in [9.17, 15) is 9.59 Å². The van der Waals surface area contributed by atoms with Crippen LogP contribution in [0.15, 0.2) is 54.7 Å². The van der Waals surface area contributed by atoms with E-state index in [1.165, 1.54) is 4.68 Å². The summed E-state index contributed by atoms with van der Waals surface area (Å²) in [4.78, 5) is 25.0. The molecule has 136 valence electrons. The zero-order valence-electron chi connectivity index (χ0n) is 13.9. The molecule has 0 bridgehead atoms. The molecule has 0 saturated heterocycles. The van der Waals surface area contributed by atoms with Gasteiger partial charge < -0.3 is 10.6 Å². The Balaban J connectivity index is 1.65. The fourth-order valence-corrected chi connectivity index (χ4v) is 3.30. The Hall–Kier alpha value is -2.83. The highest BCUT2D eigenvalue weighted by Gasteiger charge is 2.33. The van der Waals surface area contributed by atoms with Crippen LogP contribution < -0.4 is 10.6 Å². The summed E-state index contributed by atoms with van der Waals surface area (Å²) in [6.07, 6.45) is 1.64. The molecule has 0 fully saturated rings. The van der Waals surface area contributed by atoms with Gasteiger partial charge in [0.15, 0.2) is 0 Å². The van der Waals surface area contributed by atoms with Crippen LogP contribution in [-0.4, -0.2) is 21.6 Å². The van der Waals surface area contributed by atoms with Crippen molar-refractivity contribution in [1.29, 1.82) is 0 Å². The van der Waals surface area contributed by atoms with Crippen molar-refractivity contribution in [3.05, 3.63) is 64.8 Å². The quantitative estimate of drug-likeness (QED) is 0.684. The highest BCUT2D eigenvalue weighted by Crippen LogP contribution is 2.34. The number of hydrogen-bond donors (Lipinski definition) is 2. The molecule has 1 aliphatic rings. The van der Waals surface area contributed by atoms with Gasteiger partial charge in [0.05, 0.1) is 22.7 Å². The zero-order chi connectivity index (χ0) is 19.0. The first-order valence-electron chi connectivity index (χ1n) is 8.21. The first-order valence-corrected chi connectivity index (χ1v) is 8.97. The van der Waals surface area contributed by atoms with Crippen molar-refractivity contribution in [2.75, 3.05) is 10.6 Å². The minimum absolute atomic E-state index is 0.00390. The van der Waals surface area contributed by atoms with Crippen LogP contribution in [0.2, 0.25) is 10.0 Å². The SMILES string of the molecule is O=C1CC(C(=O)Nc2ccc(Cl)c(Cl)c2)n2ncc(-c3ccccc3)c2N1. The molecule has 6 nitrogen and oxygen atoms in total. The molecule has 2 amide bonds. The molecule has 0 radical (unpaired) electrons. The summed E-state index contributed by atoms with van der Waals surface area (Å²) in [6, 6.07) is 13.6. The van der Waals surface area contributed by atoms with Gasteiger partial charge in [-0.05, 0) is 23.8 Å². The van der Waals surface area contributed by atoms with Gasteiger partial charge in [0.2, 0.25) is 11.8 Å². The second kappa shape index (κ2) is 7.06. The van der Waals surface area contributed by atoms with Crippen molar-refractivity contribution in [1.82, 2.24) is 9.78 Å². The first-order chi connectivity index (χ1) is 13.0. The summed E-state index contributed by atoms with van der Waals surface area (Å²) >= 11 is 11.9. The standard InChI is InChI=1S/C19H14Cl2N4O2/c20-14-7-6-12(8-15(14)21)23-19(27)16-9-17(26)24-18-13(10-22-25(16)18)11-4-2-1-3-5-11/h1-8,10,16H,9H2,(H,23,27)(H,24,26). The maximum absolute atomic E-state index is 12.8. The van der Waals surface area contributed by atoms with Gasteiger partial charge in [0, 0.05) is 11.3 Å². The summed E-state index contributed by atoms with van der Waals surface area (Å²) in [6.45, 7) is 0. The number of carbonyl (C=O) groups is 2. The van der Waals surface area contributed by atoms with Gasteiger partial charge in [0.25, 0.3) is 0 Å². The highest BCUT2D eigenvalue weighted by atomic mass is 35.5. The van der Waals surface area contributed by atoms with Crippen LogP contribution in [0.25, 0.3) is 11.1 Å². The number of hydrogen-bond acceptors (Lipinski definition) is 3. The first kappa shape index (κ1) is 17.6. The molecule has 27 heavy (non-hydrogen) atoms. The van der Waals surface area contributed by atoms with Crippen molar-refractivity contribution < 1.29 is 9.59 Å². The fraction of sp³-hybridized carbons (Fsp3) is 0.105. The lowest BCUT2D eigenvalue weighted by molar-refractivity contribution is -0.125. The molecule has 0 aliphatic carbocycles. The number of fused-ring (bicyclic) bond motifs is 1. The molecule has 2 aromatic carbocycles. The number of carbonyl (C=O) groups excluding carboxylic acids is 2. The molecule has 2 heterocycles. The average molecular weight is 401 g/mol. The normalized spacial score (nSPS) is 15.8. The number of amides is 2. The minimum Gasteiger partial charge on any atom is -0.324 e. The van der Waals surface area contributed by atoms with Crippen molar-refractivity contribution in [2.45, 2.75) is 12.5 Å². The summed E-state index contributed by atoms with van der Waals surface area (Å²) in [5, 5.41) is 10.7. The highest BCUT2D eigenvalue weighted by molar-refractivity contribution is 6.42. The molecule has 1 unspecified atom stereocenters. The number of nitrogens with zero attached hydrogens (tertiary/aromatic N) is 2. The largest absolute Gasteiger partial charge is 0.324 e. The van der Waals surface area contributed by atoms with E-state index < -0.39 is 6.04 Å². The Kier molecular flexibility index (Phi) is 4.59. The summed E-state index contributed by atoms with van der Waals surface area (Å²) < 4.78 is 1.54. The van der Waals surface area contributed by atoms with Gasteiger partial charge in [-0.15, -0.1) is 0 Å². The fourth-order valence-electron chi connectivity index (χ4n) is 3.00. The molecule has 3 aromatic rings. The topological polar surface area (TPSA) is 76.0 Å². The van der Waals surface area contributed by atoms with E-state index in [0.29, 0.717) is 21.6 Å². The maximum atomic E-state index is 12.8. The molecule has 4 rings (SSSR count). The third-order valence-corrected chi connectivity index (χ3v) is 5.04. The Labute approximate surface area is 165 Å². The lowest BCUT2D eigenvalue weighted by atomic mass is 10.1. The van der Waals surface area contributed by atoms with Gasteiger partial charge in [0.1, 0.15) is 11.9 Å². The van der Waals surface area contributed by atoms with Crippen molar-refractivity contribution >= 4 is 46.5 Å². The molecular weight excluding hydrogens is 387 g/mol. The number of nitrogens with one attached hydrogen (secondary N) is 2. The Morgan fingerprint density at radius 3 is 2.67 bits per heavy atom. The summed E-state index contributed by atoms with van der Waals surface area (Å²) in [5.74, 6) is -0.0894. The minimum atomic E-state index is -0.763. The van der Waals surface area contributed by atoms with Crippen molar-refractivity contribution in [3.63, 3.8) is 0 Å². The third kappa shape index (κ3) is 3.41. The number of benzene rings is 2. The molecule has 0 spiro atoms. The van der Waals surface area contributed by atoms with E-state index >= 15 is 0 Å². The molecule has 2 N–H and O–H groups in total. The molecule has 1 aliphatic heterocycles. The summed E-state index contributed by atoms with van der Waals surface area (Å²) in [5.41, 5.74) is 2.16. The van der Waals surface area contributed by atoms with Gasteiger partial charge >= 0.3 is 0 Å². The van der Waals surface area contributed by atoms with E-state index in [4.69, 9.17) is 23.2 Å². The van der Waals surface area contributed by atoms with Crippen LogP contribution in [0, 0.1) is 0 Å². The Bertz CT molecular complexity index is 1030. The van der Waals surface area contributed by atoms with Crippen LogP contribution in [0.4, 0.5) is 11.5 Å². The van der Waals surface area contributed by atoms with Crippen LogP contribution in [-0.2, 0) is 9.59 Å². The lowest BCUT2D eigenvalue weighted by Gasteiger charge is -2.24. The van der Waals surface area contributed by atoms with E-state index in [1.54, 1.807) is 24.4 Å². The number of anilines is 2. The molecule has 8 heteroatoms. The molecular formula is C19H14Cl2N4O2. The third-order valence-electron chi connectivity index (χ3n) is 4.30. The van der Waals surface area contributed by atoms with Gasteiger partial charge in [-0.3, -0.25) is 9.59 Å². The maximum Gasteiger partial charge on any atom is 0.249 e.